The molecule has 2 heteroatoms. The second-order valence-corrected chi connectivity index (χ2v) is 6.09. The van der Waals surface area contributed by atoms with Crippen LogP contribution in [0.2, 0.25) is 0 Å². The maximum atomic E-state index is 12.1. The van der Waals surface area contributed by atoms with Crippen molar-refractivity contribution in [3.05, 3.63) is 0 Å². The number of carbonyl (C=O) groups is 1. The highest BCUT2D eigenvalue weighted by atomic mass is 16.1. The standard InChI is InChI=1S/C16H31NO/c1-4-5-7-10-13(2)16(18)17-14(3)15-11-8-6-9-12-15/h13-15H,4-12H2,1-3H3,(H,17,18). The van der Waals surface area contributed by atoms with Crippen LogP contribution in [0.3, 0.4) is 0 Å². The number of unbranched alkanes of at least 4 members (excludes halogenated alkanes) is 2. The van der Waals surface area contributed by atoms with Crippen LogP contribution >= 0.6 is 0 Å². The van der Waals surface area contributed by atoms with E-state index in [4.69, 9.17) is 0 Å². The van der Waals surface area contributed by atoms with E-state index in [9.17, 15) is 4.79 Å². The van der Waals surface area contributed by atoms with E-state index >= 15 is 0 Å². The third-order valence-corrected chi connectivity index (χ3v) is 4.42. The minimum absolute atomic E-state index is 0.183. The quantitative estimate of drug-likeness (QED) is 0.674. The van der Waals surface area contributed by atoms with Gasteiger partial charge in [-0.1, -0.05) is 52.4 Å². The highest BCUT2D eigenvalue weighted by molar-refractivity contribution is 5.78. The molecule has 0 aliphatic heterocycles. The molecule has 0 aromatic carbocycles. The predicted molar refractivity (Wildman–Crippen MR) is 77.5 cm³/mol. The third-order valence-electron chi connectivity index (χ3n) is 4.42. The normalized spacial score (nSPS) is 20.4. The molecule has 0 bridgehead atoms. The predicted octanol–water partition coefficient (Wildman–Crippen LogP) is 4.29. The van der Waals surface area contributed by atoms with Crippen molar-refractivity contribution in [1.82, 2.24) is 5.32 Å². The summed E-state index contributed by atoms with van der Waals surface area (Å²) in [5.41, 5.74) is 0. The van der Waals surface area contributed by atoms with E-state index in [1.807, 2.05) is 0 Å². The lowest BCUT2D eigenvalue weighted by Crippen LogP contribution is -2.41. The van der Waals surface area contributed by atoms with Crippen molar-refractivity contribution in [2.75, 3.05) is 0 Å². The van der Waals surface area contributed by atoms with Crippen LogP contribution < -0.4 is 5.32 Å². The van der Waals surface area contributed by atoms with E-state index in [-0.39, 0.29) is 11.8 Å². The van der Waals surface area contributed by atoms with Crippen molar-refractivity contribution >= 4 is 5.91 Å². The fourth-order valence-electron chi connectivity index (χ4n) is 2.95. The Labute approximate surface area is 113 Å². The van der Waals surface area contributed by atoms with E-state index in [2.05, 4.69) is 26.1 Å². The molecule has 1 N–H and O–H groups in total. The van der Waals surface area contributed by atoms with Crippen LogP contribution in [-0.4, -0.2) is 11.9 Å². The molecule has 2 nitrogen and oxygen atoms in total. The van der Waals surface area contributed by atoms with Gasteiger partial charge in [0.2, 0.25) is 5.91 Å². The maximum Gasteiger partial charge on any atom is 0.223 e. The van der Waals surface area contributed by atoms with Crippen LogP contribution in [0.1, 0.15) is 78.6 Å². The summed E-state index contributed by atoms with van der Waals surface area (Å²) in [7, 11) is 0. The lowest BCUT2D eigenvalue weighted by atomic mass is 9.84. The van der Waals surface area contributed by atoms with Crippen molar-refractivity contribution in [2.45, 2.75) is 84.6 Å². The zero-order valence-corrected chi connectivity index (χ0v) is 12.5. The maximum absolute atomic E-state index is 12.1. The fourth-order valence-corrected chi connectivity index (χ4v) is 2.95. The van der Waals surface area contributed by atoms with Gasteiger partial charge in [-0.3, -0.25) is 4.79 Å². The number of rotatable bonds is 7. The Morgan fingerprint density at radius 2 is 1.83 bits per heavy atom. The molecule has 1 fully saturated rings. The van der Waals surface area contributed by atoms with Crippen LogP contribution in [-0.2, 0) is 4.79 Å². The summed E-state index contributed by atoms with van der Waals surface area (Å²) < 4.78 is 0. The lowest BCUT2D eigenvalue weighted by Gasteiger charge is -2.29. The van der Waals surface area contributed by atoms with Gasteiger partial charge in [0.25, 0.3) is 0 Å². The van der Waals surface area contributed by atoms with Crippen molar-refractivity contribution in [3.8, 4) is 0 Å². The number of hydrogen-bond donors (Lipinski definition) is 1. The topological polar surface area (TPSA) is 29.1 Å². The number of nitrogens with one attached hydrogen (secondary N) is 1. The van der Waals surface area contributed by atoms with Crippen LogP contribution in [0, 0.1) is 11.8 Å². The van der Waals surface area contributed by atoms with Crippen LogP contribution in [0.15, 0.2) is 0 Å². The van der Waals surface area contributed by atoms with E-state index in [0.717, 1.165) is 6.42 Å². The molecule has 0 aromatic rings. The largest absolute Gasteiger partial charge is 0.353 e. The summed E-state index contributed by atoms with van der Waals surface area (Å²) in [6.45, 7) is 6.46. The molecule has 0 saturated heterocycles. The van der Waals surface area contributed by atoms with Gasteiger partial charge >= 0.3 is 0 Å². The average molecular weight is 253 g/mol. The number of hydrogen-bond acceptors (Lipinski definition) is 1. The summed E-state index contributed by atoms with van der Waals surface area (Å²) in [6.07, 6.45) is 11.4. The Bertz CT molecular complexity index is 233. The van der Waals surface area contributed by atoms with Gasteiger partial charge in [-0.2, -0.15) is 0 Å². The Morgan fingerprint density at radius 1 is 1.17 bits per heavy atom. The fraction of sp³-hybridized carbons (Fsp3) is 0.938. The molecule has 106 valence electrons. The van der Waals surface area contributed by atoms with Crippen molar-refractivity contribution in [1.29, 1.82) is 0 Å². The number of amides is 1. The van der Waals surface area contributed by atoms with E-state index in [0.29, 0.717) is 12.0 Å². The zero-order chi connectivity index (χ0) is 13.4. The van der Waals surface area contributed by atoms with Gasteiger partial charge < -0.3 is 5.32 Å². The first-order chi connectivity index (χ1) is 8.65. The third kappa shape index (κ3) is 5.41. The molecular weight excluding hydrogens is 222 g/mol. The second kappa shape index (κ2) is 8.55. The molecular formula is C16H31NO. The minimum atomic E-state index is 0.183. The highest BCUT2D eigenvalue weighted by Crippen LogP contribution is 2.26. The molecule has 0 spiro atoms. The molecule has 1 aliphatic carbocycles. The minimum Gasteiger partial charge on any atom is -0.353 e. The number of carbonyl (C=O) groups excluding carboxylic acids is 1. The summed E-state index contributed by atoms with van der Waals surface area (Å²) >= 11 is 0. The SMILES string of the molecule is CCCCCC(C)C(=O)NC(C)C1CCCCC1. The summed E-state index contributed by atoms with van der Waals surface area (Å²) in [6, 6.07) is 0.367. The van der Waals surface area contributed by atoms with Gasteiger partial charge in [0.15, 0.2) is 0 Å². The molecule has 1 aliphatic rings. The lowest BCUT2D eigenvalue weighted by molar-refractivity contribution is -0.125. The molecule has 0 heterocycles. The van der Waals surface area contributed by atoms with Gasteiger partial charge in [-0.15, -0.1) is 0 Å². The van der Waals surface area contributed by atoms with E-state index in [1.165, 1.54) is 51.4 Å². The molecule has 1 rings (SSSR count). The Kier molecular flexibility index (Phi) is 7.38. The molecule has 2 unspecified atom stereocenters. The Hall–Kier alpha value is -0.530. The van der Waals surface area contributed by atoms with Crippen molar-refractivity contribution < 1.29 is 4.79 Å². The van der Waals surface area contributed by atoms with Crippen molar-refractivity contribution in [3.63, 3.8) is 0 Å². The molecule has 18 heavy (non-hydrogen) atoms. The van der Waals surface area contributed by atoms with Crippen LogP contribution in [0.5, 0.6) is 0 Å². The van der Waals surface area contributed by atoms with Gasteiger partial charge in [0.1, 0.15) is 0 Å². The van der Waals surface area contributed by atoms with Gasteiger partial charge in [-0.25, -0.2) is 0 Å². The average Bonchev–Trinajstić information content (AvgIpc) is 2.39. The Balaban J connectivity index is 2.24. The smallest absolute Gasteiger partial charge is 0.223 e. The summed E-state index contributed by atoms with van der Waals surface area (Å²) in [4.78, 5) is 12.1. The molecule has 2 atom stereocenters. The van der Waals surface area contributed by atoms with Gasteiger partial charge in [-0.05, 0) is 32.1 Å². The first-order valence-electron chi connectivity index (χ1n) is 7.95. The first kappa shape index (κ1) is 15.5. The highest BCUT2D eigenvalue weighted by Gasteiger charge is 2.23. The van der Waals surface area contributed by atoms with Crippen molar-refractivity contribution in [2.24, 2.45) is 11.8 Å². The monoisotopic (exact) mass is 253 g/mol. The molecule has 0 radical (unpaired) electrons. The van der Waals surface area contributed by atoms with Crippen LogP contribution in [0.4, 0.5) is 0 Å². The van der Waals surface area contributed by atoms with Gasteiger partial charge in [0.05, 0.1) is 0 Å². The molecule has 0 aromatic heterocycles. The second-order valence-electron chi connectivity index (χ2n) is 6.09. The first-order valence-corrected chi connectivity index (χ1v) is 7.95. The molecule has 1 amide bonds. The Morgan fingerprint density at radius 3 is 2.44 bits per heavy atom. The van der Waals surface area contributed by atoms with Crippen LogP contribution in [0.25, 0.3) is 0 Å². The summed E-state index contributed by atoms with van der Waals surface area (Å²) in [5, 5.41) is 3.24. The summed E-state index contributed by atoms with van der Waals surface area (Å²) in [5.74, 6) is 1.16. The van der Waals surface area contributed by atoms with E-state index < -0.39 is 0 Å². The van der Waals surface area contributed by atoms with Gasteiger partial charge in [0, 0.05) is 12.0 Å². The molecule has 1 saturated carbocycles. The zero-order valence-electron chi connectivity index (χ0n) is 12.5. The van der Waals surface area contributed by atoms with E-state index in [1.54, 1.807) is 0 Å².